The van der Waals surface area contributed by atoms with Crippen molar-refractivity contribution < 1.29 is 22.7 Å². The van der Waals surface area contributed by atoms with Gasteiger partial charge in [0, 0.05) is 11.1 Å². The quantitative estimate of drug-likeness (QED) is 0.638. The number of hydrogen-bond acceptors (Lipinski definition) is 4. The van der Waals surface area contributed by atoms with Gasteiger partial charge in [0.05, 0.1) is 35.7 Å². The number of nitriles is 1. The molecule has 2 N–H and O–H groups in total. The Labute approximate surface area is 167 Å². The lowest BCUT2D eigenvalue weighted by atomic mass is 10.1. The van der Waals surface area contributed by atoms with Crippen LogP contribution in [0.3, 0.4) is 0 Å². The fourth-order valence-corrected chi connectivity index (χ4v) is 2.80. The highest BCUT2D eigenvalue weighted by atomic mass is 35.5. The Balaban J connectivity index is 1.98. The molecule has 1 amide bonds. The number of alkyl halides is 2. The van der Waals surface area contributed by atoms with Gasteiger partial charge in [-0.3, -0.25) is 4.79 Å². The number of carbonyl (C=O) groups excluding carboxylic acids is 1. The molecular formula is C19H12ClF3N4O2. The standard InChI is InChI=1S/C19H12ClF3N4O2/c20-14-2-1-11(8-27-9-26-7-15(27)19(25)28)16(21)17(14)29-13-4-10(6-24)3-12(5-13)18(22)23/h1-5,7,9,18H,8H2,(H2,25,28). The molecule has 3 aromatic rings. The topological polar surface area (TPSA) is 93.9 Å². The number of ether oxygens (including phenoxy) is 1. The second-order valence-corrected chi connectivity index (χ2v) is 6.33. The Kier molecular flexibility index (Phi) is 5.75. The first-order valence-corrected chi connectivity index (χ1v) is 8.46. The largest absolute Gasteiger partial charge is 0.453 e. The molecule has 10 heteroatoms. The zero-order valence-corrected chi connectivity index (χ0v) is 15.3. The minimum atomic E-state index is -2.84. The Morgan fingerprint density at radius 2 is 2.10 bits per heavy atom. The van der Waals surface area contributed by atoms with Crippen molar-refractivity contribution in [1.29, 1.82) is 5.26 Å². The molecule has 0 unspecified atom stereocenters. The smallest absolute Gasteiger partial charge is 0.266 e. The molecule has 0 saturated heterocycles. The number of nitrogens with zero attached hydrogens (tertiary/aromatic N) is 3. The maximum Gasteiger partial charge on any atom is 0.266 e. The highest BCUT2D eigenvalue weighted by Gasteiger charge is 2.18. The summed E-state index contributed by atoms with van der Waals surface area (Å²) in [6, 6.07) is 7.68. The third-order valence-electron chi connectivity index (χ3n) is 3.96. The summed E-state index contributed by atoms with van der Waals surface area (Å²) >= 11 is 6.02. The van der Waals surface area contributed by atoms with E-state index in [4.69, 9.17) is 27.3 Å². The van der Waals surface area contributed by atoms with Gasteiger partial charge in [0.15, 0.2) is 11.6 Å². The molecule has 0 spiro atoms. The summed E-state index contributed by atoms with van der Waals surface area (Å²) in [4.78, 5) is 15.2. The number of carbonyl (C=O) groups is 1. The van der Waals surface area contributed by atoms with Gasteiger partial charge in [-0.1, -0.05) is 17.7 Å². The number of aromatic nitrogens is 2. The zero-order valence-electron chi connectivity index (χ0n) is 14.6. The highest BCUT2D eigenvalue weighted by Crippen LogP contribution is 2.36. The Morgan fingerprint density at radius 3 is 2.76 bits per heavy atom. The number of halogens is 4. The van der Waals surface area contributed by atoms with Crippen LogP contribution in [-0.2, 0) is 6.54 Å². The van der Waals surface area contributed by atoms with E-state index in [1.165, 1.54) is 35.3 Å². The fraction of sp³-hybridized carbons (Fsp3) is 0.105. The monoisotopic (exact) mass is 420 g/mol. The molecular weight excluding hydrogens is 409 g/mol. The van der Waals surface area contributed by atoms with Gasteiger partial charge in [-0.15, -0.1) is 0 Å². The van der Waals surface area contributed by atoms with E-state index in [0.29, 0.717) is 0 Å². The first-order chi connectivity index (χ1) is 13.8. The zero-order chi connectivity index (χ0) is 21.1. The Hall–Kier alpha value is -3.51. The van der Waals surface area contributed by atoms with Crippen molar-refractivity contribution in [2.24, 2.45) is 5.73 Å². The number of primary amides is 1. The Bertz CT molecular complexity index is 1130. The van der Waals surface area contributed by atoms with Crippen molar-refractivity contribution in [3.8, 4) is 17.6 Å². The lowest BCUT2D eigenvalue weighted by Crippen LogP contribution is -2.17. The second-order valence-electron chi connectivity index (χ2n) is 5.93. The summed E-state index contributed by atoms with van der Waals surface area (Å²) in [6.07, 6.45) is -0.293. The van der Waals surface area contributed by atoms with E-state index in [-0.39, 0.29) is 34.1 Å². The van der Waals surface area contributed by atoms with Crippen LogP contribution in [0.1, 0.15) is 33.6 Å². The SMILES string of the molecule is N#Cc1cc(Oc2c(Cl)ccc(Cn3cncc3C(N)=O)c2F)cc(C(F)F)c1. The minimum Gasteiger partial charge on any atom is -0.453 e. The van der Waals surface area contributed by atoms with Crippen molar-refractivity contribution in [3.63, 3.8) is 0 Å². The average Bonchev–Trinajstić information content (AvgIpc) is 3.15. The van der Waals surface area contributed by atoms with Gasteiger partial charge in [0.25, 0.3) is 12.3 Å². The number of benzene rings is 2. The molecule has 0 saturated carbocycles. The van der Waals surface area contributed by atoms with Crippen molar-refractivity contribution in [3.05, 3.63) is 76.1 Å². The lowest BCUT2D eigenvalue weighted by molar-refractivity contribution is 0.0991. The molecule has 0 fully saturated rings. The highest BCUT2D eigenvalue weighted by molar-refractivity contribution is 6.32. The number of rotatable bonds is 6. The maximum absolute atomic E-state index is 15.0. The van der Waals surface area contributed by atoms with Crippen LogP contribution in [0.2, 0.25) is 5.02 Å². The minimum absolute atomic E-state index is 0.0741. The first kappa shape index (κ1) is 20.2. The Morgan fingerprint density at radius 1 is 1.34 bits per heavy atom. The fourth-order valence-electron chi connectivity index (χ4n) is 2.61. The molecule has 6 nitrogen and oxygen atoms in total. The summed E-state index contributed by atoms with van der Waals surface area (Å²) in [5, 5.41) is 8.90. The summed E-state index contributed by atoms with van der Waals surface area (Å²) in [6.45, 7) is -0.0991. The van der Waals surface area contributed by atoms with Crippen LogP contribution in [0.4, 0.5) is 13.2 Å². The summed E-state index contributed by atoms with van der Waals surface area (Å²) in [7, 11) is 0. The summed E-state index contributed by atoms with van der Waals surface area (Å²) in [5.74, 6) is -2.17. The number of nitrogens with two attached hydrogens (primary N) is 1. The van der Waals surface area contributed by atoms with Crippen LogP contribution in [0.5, 0.6) is 11.5 Å². The van der Waals surface area contributed by atoms with E-state index in [0.717, 1.165) is 12.1 Å². The lowest BCUT2D eigenvalue weighted by Gasteiger charge is -2.14. The van der Waals surface area contributed by atoms with Gasteiger partial charge in [-0.25, -0.2) is 18.2 Å². The van der Waals surface area contributed by atoms with E-state index < -0.39 is 29.5 Å². The molecule has 0 radical (unpaired) electrons. The van der Waals surface area contributed by atoms with E-state index >= 15 is 4.39 Å². The van der Waals surface area contributed by atoms with Crippen LogP contribution >= 0.6 is 11.6 Å². The van der Waals surface area contributed by atoms with E-state index in [9.17, 15) is 13.6 Å². The van der Waals surface area contributed by atoms with E-state index in [1.807, 2.05) is 0 Å². The molecule has 148 valence electrons. The predicted octanol–water partition coefficient (Wildman–Crippen LogP) is 4.42. The van der Waals surface area contributed by atoms with Crippen LogP contribution in [0.25, 0.3) is 0 Å². The maximum atomic E-state index is 15.0. The molecule has 29 heavy (non-hydrogen) atoms. The number of imidazole rings is 1. The van der Waals surface area contributed by atoms with Gasteiger partial charge in [0.2, 0.25) is 0 Å². The third kappa shape index (κ3) is 4.33. The van der Waals surface area contributed by atoms with Crippen LogP contribution in [0.15, 0.2) is 42.9 Å². The van der Waals surface area contributed by atoms with E-state index in [1.54, 1.807) is 6.07 Å². The first-order valence-electron chi connectivity index (χ1n) is 8.08. The van der Waals surface area contributed by atoms with Crippen molar-refractivity contribution in [1.82, 2.24) is 9.55 Å². The van der Waals surface area contributed by atoms with Gasteiger partial charge in [-0.05, 0) is 24.3 Å². The van der Waals surface area contributed by atoms with Gasteiger partial charge in [0.1, 0.15) is 11.4 Å². The normalized spacial score (nSPS) is 10.8. The second kappa shape index (κ2) is 8.24. The van der Waals surface area contributed by atoms with Crippen LogP contribution in [0, 0.1) is 17.1 Å². The number of hydrogen-bond donors (Lipinski definition) is 1. The molecule has 0 atom stereocenters. The molecule has 2 aromatic carbocycles. The third-order valence-corrected chi connectivity index (χ3v) is 4.26. The number of amides is 1. The van der Waals surface area contributed by atoms with Crippen LogP contribution in [-0.4, -0.2) is 15.5 Å². The average molecular weight is 421 g/mol. The molecule has 0 aliphatic rings. The van der Waals surface area contributed by atoms with Gasteiger partial charge < -0.3 is 15.0 Å². The van der Waals surface area contributed by atoms with Crippen molar-refractivity contribution in [2.75, 3.05) is 0 Å². The molecule has 1 aromatic heterocycles. The van der Waals surface area contributed by atoms with E-state index in [2.05, 4.69) is 4.98 Å². The molecule has 3 rings (SSSR count). The van der Waals surface area contributed by atoms with Gasteiger partial charge in [-0.2, -0.15) is 5.26 Å². The molecule has 0 bridgehead atoms. The molecule has 1 heterocycles. The molecule has 0 aliphatic carbocycles. The van der Waals surface area contributed by atoms with Crippen LogP contribution < -0.4 is 10.5 Å². The van der Waals surface area contributed by atoms with Crippen molar-refractivity contribution >= 4 is 17.5 Å². The van der Waals surface area contributed by atoms with Gasteiger partial charge >= 0.3 is 0 Å². The summed E-state index contributed by atoms with van der Waals surface area (Å²) in [5.41, 5.74) is 4.89. The molecule has 0 aliphatic heterocycles. The predicted molar refractivity (Wildman–Crippen MR) is 97.4 cm³/mol. The van der Waals surface area contributed by atoms with Crippen molar-refractivity contribution in [2.45, 2.75) is 13.0 Å². The summed E-state index contributed by atoms with van der Waals surface area (Å²) < 4.78 is 47.8.